The molecular formula is C75H56F6. The molecule has 10 aromatic carbocycles. The summed E-state index contributed by atoms with van der Waals surface area (Å²) in [5.41, 5.74) is 20.8. The molecule has 6 heteroatoms. The number of hydrogen-bond donors (Lipinski definition) is 0. The molecular weight excluding hydrogens is 1010 g/mol. The van der Waals surface area contributed by atoms with Crippen LogP contribution in [-0.4, -0.2) is 12.4 Å². The summed E-state index contributed by atoms with van der Waals surface area (Å²) in [6.45, 7) is 16.3. The smallest absolute Gasteiger partial charge is 0.170 e. The van der Waals surface area contributed by atoms with Gasteiger partial charge in [0.05, 0.1) is 0 Å². The highest BCUT2D eigenvalue weighted by atomic mass is 19.4. The molecule has 0 saturated carbocycles. The van der Waals surface area contributed by atoms with Crippen molar-refractivity contribution in [2.24, 2.45) is 0 Å². The lowest BCUT2D eigenvalue weighted by molar-refractivity contribution is -0.172. The van der Waals surface area contributed by atoms with E-state index >= 15 is 26.3 Å². The van der Waals surface area contributed by atoms with Gasteiger partial charge < -0.3 is 0 Å². The van der Waals surface area contributed by atoms with Gasteiger partial charge in [-0.25, -0.2) is 0 Å². The minimum Gasteiger partial charge on any atom is -0.170 e. The van der Waals surface area contributed by atoms with E-state index in [2.05, 4.69) is 151 Å². The minimum atomic E-state index is -4.47. The average molecular weight is 1070 g/mol. The molecule has 81 heavy (non-hydrogen) atoms. The van der Waals surface area contributed by atoms with E-state index in [1.165, 1.54) is 58.4 Å². The van der Waals surface area contributed by atoms with Crippen LogP contribution >= 0.6 is 0 Å². The Bertz CT molecular complexity index is 4160. The van der Waals surface area contributed by atoms with Gasteiger partial charge in [-0.2, -0.15) is 26.3 Å². The summed E-state index contributed by atoms with van der Waals surface area (Å²) in [7, 11) is 0. The van der Waals surface area contributed by atoms with Crippen LogP contribution in [0.1, 0.15) is 111 Å². The first kappa shape index (κ1) is 49.8. The van der Waals surface area contributed by atoms with Crippen molar-refractivity contribution in [3.05, 3.63) is 250 Å². The maximum Gasteiger partial charge on any atom is 0.402 e. The molecule has 0 amide bonds. The Hall–Kier alpha value is -8.22. The molecule has 0 aromatic heterocycles. The highest BCUT2D eigenvalue weighted by molar-refractivity contribution is 5.92. The van der Waals surface area contributed by atoms with Crippen molar-refractivity contribution < 1.29 is 26.3 Å². The van der Waals surface area contributed by atoms with Gasteiger partial charge in [-0.1, -0.05) is 187 Å². The first-order valence-corrected chi connectivity index (χ1v) is 27.9. The molecule has 10 aromatic rings. The van der Waals surface area contributed by atoms with E-state index in [-0.39, 0.29) is 16.2 Å². The number of halogens is 6. The minimum absolute atomic E-state index is 0.294. The molecule has 5 aliphatic carbocycles. The molecule has 0 aliphatic heterocycles. The Balaban J connectivity index is 0.709. The van der Waals surface area contributed by atoms with E-state index in [1.54, 1.807) is 60.7 Å². The molecule has 2 atom stereocenters. The highest BCUT2D eigenvalue weighted by Crippen LogP contribution is 2.60. The number of benzene rings is 10. The van der Waals surface area contributed by atoms with Crippen LogP contribution in [0.25, 0.3) is 100 Å². The van der Waals surface area contributed by atoms with Crippen molar-refractivity contribution >= 4 is 0 Å². The number of alkyl halides is 6. The zero-order chi connectivity index (χ0) is 56.3. The van der Waals surface area contributed by atoms with Crippen LogP contribution in [0, 0.1) is 0 Å². The van der Waals surface area contributed by atoms with Gasteiger partial charge in [-0.05, 0) is 218 Å². The summed E-state index contributed by atoms with van der Waals surface area (Å²) in [5, 5.41) is 0. The topological polar surface area (TPSA) is 0 Å². The first-order chi connectivity index (χ1) is 38.4. The molecule has 15 rings (SSSR count). The van der Waals surface area contributed by atoms with Crippen molar-refractivity contribution in [3.8, 4) is 100 Å². The van der Waals surface area contributed by atoms with Gasteiger partial charge in [0.15, 0.2) is 0 Å². The van der Waals surface area contributed by atoms with Crippen LogP contribution in [0.3, 0.4) is 0 Å². The standard InChI is InChI=1S/C75H56F6/c1-69(2)61-33-41(43-19-27-53-55-29-21-45(37-65(55)70(3,4)63(53)35-43)47-23-31-57-49-13-9-11-15-59(49)72(7,67(57)39-47)74(76,77)78)17-25-51(61)52-26-18-42(34-62(52)69)44-20-28-54-56-30-22-46(38-66(56)71(5,6)64(54)36-44)48-24-32-58-50-14-10-12-16-60(50)73(8,68(58)40-48)75(79,80)81/h9-40H,1-8H3. The number of fused-ring (bicyclic) bond motifs is 15. The van der Waals surface area contributed by atoms with E-state index in [4.69, 9.17) is 0 Å². The largest absolute Gasteiger partial charge is 0.402 e. The Kier molecular flexibility index (Phi) is 9.85. The van der Waals surface area contributed by atoms with Crippen LogP contribution in [-0.2, 0) is 27.1 Å². The Morgan fingerprint density at radius 1 is 0.210 bits per heavy atom. The predicted octanol–water partition coefficient (Wildman–Crippen LogP) is 21.0. The van der Waals surface area contributed by atoms with E-state index in [1.807, 2.05) is 24.3 Å². The molecule has 0 nitrogen and oxygen atoms in total. The van der Waals surface area contributed by atoms with Gasteiger partial charge >= 0.3 is 12.4 Å². The lowest BCUT2D eigenvalue weighted by Crippen LogP contribution is -2.38. The van der Waals surface area contributed by atoms with E-state index in [0.717, 1.165) is 66.8 Å². The van der Waals surface area contributed by atoms with E-state index < -0.39 is 23.2 Å². The monoisotopic (exact) mass is 1070 g/mol. The van der Waals surface area contributed by atoms with Crippen molar-refractivity contribution in [1.82, 2.24) is 0 Å². The van der Waals surface area contributed by atoms with Crippen molar-refractivity contribution in [2.45, 2.75) is 94.8 Å². The molecule has 0 bridgehead atoms. The normalized spacial score (nSPS) is 19.4. The average Bonchev–Trinajstić information content (AvgIpc) is 3.93. The Morgan fingerprint density at radius 2 is 0.383 bits per heavy atom. The third kappa shape index (κ3) is 6.51. The summed E-state index contributed by atoms with van der Waals surface area (Å²) < 4.78 is 90.3. The second-order valence-corrected chi connectivity index (χ2v) is 25.3. The third-order valence-corrected chi connectivity index (χ3v) is 20.1. The van der Waals surface area contributed by atoms with Crippen LogP contribution < -0.4 is 0 Å². The summed E-state index contributed by atoms with van der Waals surface area (Å²) >= 11 is 0. The second kappa shape index (κ2) is 16.0. The second-order valence-electron chi connectivity index (χ2n) is 25.3. The van der Waals surface area contributed by atoms with Crippen molar-refractivity contribution in [1.29, 1.82) is 0 Å². The molecule has 0 saturated heterocycles. The molecule has 0 spiro atoms. The van der Waals surface area contributed by atoms with Gasteiger partial charge in [0.2, 0.25) is 0 Å². The van der Waals surface area contributed by atoms with Crippen molar-refractivity contribution in [3.63, 3.8) is 0 Å². The first-order valence-electron chi connectivity index (χ1n) is 27.9. The van der Waals surface area contributed by atoms with Crippen LogP contribution in [0.5, 0.6) is 0 Å². The van der Waals surface area contributed by atoms with Crippen LogP contribution in [0.4, 0.5) is 26.3 Å². The SMILES string of the molecule is CC1(C)c2cc(-c3ccc4c(c3)C(C)(C)c3cc(-c5ccc6c(c5)C(C)(C(F)(F)F)c5ccccc5-6)ccc3-4)ccc2-c2ccc(-c3ccc4c(c3)C(C)(C)c3cc(-c5ccc6c(c5)C(C)(C(F)(F)F)c5ccccc5-6)ccc3-4)cc21. The molecule has 0 radical (unpaired) electrons. The fraction of sp³-hybridized carbons (Fsp3) is 0.200. The third-order valence-electron chi connectivity index (χ3n) is 20.1. The van der Waals surface area contributed by atoms with E-state index in [9.17, 15) is 0 Å². The van der Waals surface area contributed by atoms with E-state index in [0.29, 0.717) is 44.5 Å². The lowest BCUT2D eigenvalue weighted by Gasteiger charge is -2.30. The Morgan fingerprint density at radius 3 is 0.593 bits per heavy atom. The molecule has 0 fully saturated rings. The molecule has 0 heterocycles. The van der Waals surface area contributed by atoms with Gasteiger partial charge in [0.1, 0.15) is 10.8 Å². The zero-order valence-electron chi connectivity index (χ0n) is 46.2. The summed E-state index contributed by atoms with van der Waals surface area (Å²) in [6.07, 6.45) is -8.94. The maximum absolute atomic E-state index is 15.0. The van der Waals surface area contributed by atoms with Gasteiger partial charge in [-0.15, -0.1) is 0 Å². The fourth-order valence-electron chi connectivity index (χ4n) is 15.2. The fourth-order valence-corrected chi connectivity index (χ4v) is 15.2. The van der Waals surface area contributed by atoms with Gasteiger partial charge in [0, 0.05) is 16.2 Å². The molecule has 398 valence electrons. The van der Waals surface area contributed by atoms with Crippen LogP contribution in [0.2, 0.25) is 0 Å². The summed E-state index contributed by atoms with van der Waals surface area (Å²) in [4.78, 5) is 0. The summed E-state index contributed by atoms with van der Waals surface area (Å²) in [5.74, 6) is 0. The predicted molar refractivity (Wildman–Crippen MR) is 317 cm³/mol. The Labute approximate surface area is 468 Å². The molecule has 0 N–H and O–H groups in total. The molecule has 5 aliphatic rings. The zero-order valence-corrected chi connectivity index (χ0v) is 46.2. The van der Waals surface area contributed by atoms with Gasteiger partial charge in [-0.3, -0.25) is 0 Å². The van der Waals surface area contributed by atoms with Gasteiger partial charge in [0.25, 0.3) is 0 Å². The highest BCUT2D eigenvalue weighted by Gasteiger charge is 2.59. The van der Waals surface area contributed by atoms with Crippen LogP contribution in [0.15, 0.2) is 194 Å². The number of hydrogen-bond acceptors (Lipinski definition) is 0. The number of rotatable bonds is 4. The van der Waals surface area contributed by atoms with Crippen molar-refractivity contribution in [2.75, 3.05) is 0 Å². The summed E-state index contributed by atoms with van der Waals surface area (Å²) in [6, 6.07) is 65.1. The maximum atomic E-state index is 15.0. The quantitative estimate of drug-likeness (QED) is 0.154. The molecule has 2 unspecified atom stereocenters. The lowest BCUT2D eigenvalue weighted by atomic mass is 9.78.